The average molecular weight is 474 g/mol. The predicted molar refractivity (Wildman–Crippen MR) is 123 cm³/mol. The number of rotatable bonds is 6. The fraction of sp³-hybridized carbons (Fsp3) is 0.391. The molecule has 0 unspecified atom stereocenters. The summed E-state index contributed by atoms with van der Waals surface area (Å²) in [4.78, 5) is 26.8. The van der Waals surface area contributed by atoms with Gasteiger partial charge in [-0.3, -0.25) is 9.59 Å². The summed E-state index contributed by atoms with van der Waals surface area (Å²) in [6.45, 7) is 5.97. The molecule has 0 atom stereocenters. The Morgan fingerprint density at radius 3 is 2.45 bits per heavy atom. The molecule has 2 aromatic carbocycles. The van der Waals surface area contributed by atoms with Crippen LogP contribution in [0.3, 0.4) is 0 Å². The lowest BCUT2D eigenvalue weighted by Gasteiger charge is -2.31. The second-order valence-electron chi connectivity index (χ2n) is 8.36. The fourth-order valence-corrected chi connectivity index (χ4v) is 5.17. The summed E-state index contributed by atoms with van der Waals surface area (Å²) >= 11 is 0. The molecule has 2 heterocycles. The van der Waals surface area contributed by atoms with Crippen LogP contribution in [0.2, 0.25) is 0 Å². The van der Waals surface area contributed by atoms with Crippen LogP contribution < -0.4 is 15.0 Å². The van der Waals surface area contributed by atoms with Gasteiger partial charge in [0, 0.05) is 37.0 Å². The molecule has 9 nitrogen and oxygen atoms in total. The summed E-state index contributed by atoms with van der Waals surface area (Å²) in [6.07, 6.45) is 0. The Balaban J connectivity index is 1.47. The molecule has 2 aliphatic heterocycles. The fourth-order valence-electron chi connectivity index (χ4n) is 3.77. The summed E-state index contributed by atoms with van der Waals surface area (Å²) in [5.74, 6) is 0.352. The van der Waals surface area contributed by atoms with E-state index in [1.54, 1.807) is 23.1 Å². The Kier molecular flexibility index (Phi) is 6.68. The Morgan fingerprint density at radius 1 is 1.09 bits per heavy atom. The molecule has 4 rings (SSSR count). The van der Waals surface area contributed by atoms with Gasteiger partial charge < -0.3 is 19.7 Å². The van der Waals surface area contributed by atoms with Crippen LogP contribution in [0.15, 0.2) is 47.4 Å². The number of sulfonamides is 1. The zero-order valence-corrected chi connectivity index (χ0v) is 19.4. The van der Waals surface area contributed by atoms with E-state index in [0.717, 1.165) is 0 Å². The van der Waals surface area contributed by atoms with Gasteiger partial charge >= 0.3 is 0 Å². The van der Waals surface area contributed by atoms with Crippen LogP contribution in [0.4, 0.5) is 11.4 Å². The van der Waals surface area contributed by atoms with Crippen molar-refractivity contribution in [3.63, 3.8) is 0 Å². The molecule has 10 heteroatoms. The van der Waals surface area contributed by atoms with Crippen LogP contribution in [0.1, 0.15) is 24.2 Å². The van der Waals surface area contributed by atoms with Crippen molar-refractivity contribution < 1.29 is 27.5 Å². The number of hydrogen-bond donors (Lipinski definition) is 1. The zero-order chi connectivity index (χ0) is 23.6. The van der Waals surface area contributed by atoms with Gasteiger partial charge in [-0.1, -0.05) is 13.8 Å². The third kappa shape index (κ3) is 5.02. The Hall–Kier alpha value is -2.95. The molecule has 0 aromatic heterocycles. The van der Waals surface area contributed by atoms with Gasteiger partial charge in [0.05, 0.1) is 23.8 Å². The van der Waals surface area contributed by atoms with Gasteiger partial charge in [0.1, 0.15) is 5.75 Å². The first-order valence-electron chi connectivity index (χ1n) is 10.8. The maximum atomic E-state index is 12.7. The van der Waals surface area contributed by atoms with Gasteiger partial charge in [0.2, 0.25) is 10.0 Å². The second kappa shape index (κ2) is 9.50. The van der Waals surface area contributed by atoms with Crippen molar-refractivity contribution in [1.82, 2.24) is 4.31 Å². The highest BCUT2D eigenvalue weighted by Gasteiger charge is 2.27. The van der Waals surface area contributed by atoms with Gasteiger partial charge in [0.15, 0.2) is 6.61 Å². The van der Waals surface area contributed by atoms with E-state index in [1.165, 1.54) is 28.6 Å². The molecular weight excluding hydrogens is 446 g/mol. The van der Waals surface area contributed by atoms with E-state index in [1.807, 2.05) is 13.8 Å². The maximum absolute atomic E-state index is 12.7. The molecule has 0 aliphatic carbocycles. The van der Waals surface area contributed by atoms with Crippen molar-refractivity contribution in [1.29, 1.82) is 0 Å². The largest absolute Gasteiger partial charge is 0.481 e. The number of carbonyl (C=O) groups excluding carboxylic acids is 2. The molecule has 2 amide bonds. The van der Waals surface area contributed by atoms with E-state index in [-0.39, 0.29) is 23.3 Å². The van der Waals surface area contributed by atoms with Crippen LogP contribution in [-0.4, -0.2) is 64.0 Å². The van der Waals surface area contributed by atoms with E-state index < -0.39 is 10.0 Å². The minimum Gasteiger partial charge on any atom is -0.481 e. The molecule has 2 aromatic rings. The van der Waals surface area contributed by atoms with Crippen molar-refractivity contribution in [2.24, 2.45) is 5.92 Å². The first kappa shape index (κ1) is 23.2. The van der Waals surface area contributed by atoms with Crippen molar-refractivity contribution in [2.45, 2.75) is 18.7 Å². The number of ether oxygens (including phenoxy) is 2. The summed E-state index contributed by atoms with van der Waals surface area (Å²) in [5, 5.41) is 2.80. The van der Waals surface area contributed by atoms with Crippen LogP contribution >= 0.6 is 0 Å². The molecule has 1 fully saturated rings. The first-order valence-corrected chi connectivity index (χ1v) is 12.3. The summed E-state index contributed by atoms with van der Waals surface area (Å²) in [5.41, 5.74) is 1.52. The topological polar surface area (TPSA) is 105 Å². The second-order valence-corrected chi connectivity index (χ2v) is 10.3. The number of amides is 2. The van der Waals surface area contributed by atoms with Gasteiger partial charge in [-0.15, -0.1) is 0 Å². The van der Waals surface area contributed by atoms with Crippen molar-refractivity contribution in [2.75, 3.05) is 49.7 Å². The van der Waals surface area contributed by atoms with Crippen molar-refractivity contribution >= 4 is 33.2 Å². The average Bonchev–Trinajstić information content (AvgIpc) is 2.81. The Morgan fingerprint density at radius 2 is 1.79 bits per heavy atom. The molecule has 2 aliphatic rings. The van der Waals surface area contributed by atoms with Gasteiger partial charge in [-0.2, -0.15) is 4.31 Å². The monoisotopic (exact) mass is 473 g/mol. The molecule has 0 radical (unpaired) electrons. The van der Waals surface area contributed by atoms with E-state index in [4.69, 9.17) is 9.47 Å². The number of benzene rings is 2. The third-order valence-corrected chi connectivity index (χ3v) is 7.35. The highest BCUT2D eigenvalue weighted by Crippen LogP contribution is 2.35. The van der Waals surface area contributed by atoms with Crippen LogP contribution in [0.25, 0.3) is 0 Å². The molecule has 176 valence electrons. The smallest absolute Gasteiger partial charge is 0.265 e. The molecule has 0 spiro atoms. The van der Waals surface area contributed by atoms with E-state index in [2.05, 4.69) is 5.32 Å². The first-order chi connectivity index (χ1) is 15.8. The van der Waals surface area contributed by atoms with Crippen molar-refractivity contribution in [3.05, 3.63) is 48.0 Å². The standard InChI is InChI=1S/C23H27N3O6S/c1-16(2)14-26-20-8-5-18(13-21(20)32-15-22(26)27)24-23(28)17-3-6-19(7-4-17)33(29,30)25-9-11-31-12-10-25/h3-8,13,16H,9-12,14-15H2,1-2H3,(H,24,28). The van der Waals surface area contributed by atoms with Crippen LogP contribution in [0.5, 0.6) is 5.75 Å². The molecule has 1 N–H and O–H groups in total. The number of nitrogens with one attached hydrogen (secondary N) is 1. The number of hydrogen-bond acceptors (Lipinski definition) is 6. The summed E-state index contributed by atoms with van der Waals surface area (Å²) in [6, 6.07) is 11.0. The van der Waals surface area contributed by atoms with Crippen LogP contribution in [0, 0.1) is 5.92 Å². The van der Waals surface area contributed by atoms with Gasteiger partial charge in [-0.05, 0) is 42.3 Å². The normalized spacial score (nSPS) is 16.9. The number of anilines is 2. The predicted octanol–water partition coefficient (Wildman–Crippen LogP) is 2.34. The SMILES string of the molecule is CC(C)CN1C(=O)COc2cc(NC(=O)c3ccc(S(=O)(=O)N4CCOCC4)cc3)ccc21. The molecule has 1 saturated heterocycles. The van der Waals surface area contributed by atoms with Crippen molar-refractivity contribution in [3.8, 4) is 5.75 Å². The highest BCUT2D eigenvalue weighted by molar-refractivity contribution is 7.89. The quantitative estimate of drug-likeness (QED) is 0.691. The van der Waals surface area contributed by atoms with Crippen LogP contribution in [-0.2, 0) is 19.6 Å². The zero-order valence-electron chi connectivity index (χ0n) is 18.6. The van der Waals surface area contributed by atoms with E-state index >= 15 is 0 Å². The maximum Gasteiger partial charge on any atom is 0.265 e. The molecule has 0 bridgehead atoms. The lowest BCUT2D eigenvalue weighted by atomic mass is 10.1. The van der Waals surface area contributed by atoms with Gasteiger partial charge in [-0.25, -0.2) is 8.42 Å². The minimum atomic E-state index is -3.62. The summed E-state index contributed by atoms with van der Waals surface area (Å²) < 4.78 is 37.6. The molecule has 33 heavy (non-hydrogen) atoms. The number of fused-ring (bicyclic) bond motifs is 1. The lowest BCUT2D eigenvalue weighted by molar-refractivity contribution is -0.121. The highest BCUT2D eigenvalue weighted by atomic mass is 32.2. The van der Waals surface area contributed by atoms with E-state index in [9.17, 15) is 18.0 Å². The molecule has 0 saturated carbocycles. The molecular formula is C23H27N3O6S. The third-order valence-electron chi connectivity index (χ3n) is 5.43. The van der Waals surface area contributed by atoms with E-state index in [0.29, 0.717) is 61.5 Å². The number of carbonyl (C=O) groups is 2. The van der Waals surface area contributed by atoms with Gasteiger partial charge in [0.25, 0.3) is 11.8 Å². The summed E-state index contributed by atoms with van der Waals surface area (Å²) in [7, 11) is -3.62. The Labute approximate surface area is 193 Å². The lowest BCUT2D eigenvalue weighted by Crippen LogP contribution is -2.40. The number of morpholine rings is 1. The Bertz CT molecular complexity index is 1140. The number of nitrogens with zero attached hydrogens (tertiary/aromatic N) is 2. The minimum absolute atomic E-state index is 0.0454.